The van der Waals surface area contributed by atoms with Gasteiger partial charge in [0.2, 0.25) is 5.91 Å². The summed E-state index contributed by atoms with van der Waals surface area (Å²) < 4.78 is 0. The number of nitrogens with two attached hydrogens (primary N) is 1. The average molecular weight is 268 g/mol. The molecule has 0 fully saturated rings. The maximum Gasteiger partial charge on any atom is 0.237 e. The molecule has 100 valence electrons. The highest BCUT2D eigenvalue weighted by molar-refractivity contribution is 7.98. The van der Waals surface area contributed by atoms with E-state index >= 15 is 0 Å². The number of rotatable bonds is 7. The van der Waals surface area contributed by atoms with Crippen molar-refractivity contribution in [2.75, 3.05) is 12.0 Å². The zero-order chi connectivity index (χ0) is 13.4. The van der Waals surface area contributed by atoms with E-state index in [1.54, 1.807) is 11.8 Å². The third kappa shape index (κ3) is 5.08. The second-order valence-corrected chi connectivity index (χ2v) is 5.07. The average Bonchev–Trinajstić information content (AvgIpc) is 2.42. The standard InChI is InChI=1S/C13H20N2O2S/c1-18-7-6-12(14)13(17)15-8-10-2-4-11(9-16)5-3-10/h2-5,12,16H,6-9,14H2,1H3,(H,15,17)/t12-/m0/s1. The fourth-order valence-corrected chi connectivity index (χ4v) is 1.95. The molecule has 0 aliphatic heterocycles. The number of carbonyl (C=O) groups excluding carboxylic acids is 1. The van der Waals surface area contributed by atoms with Gasteiger partial charge in [-0.15, -0.1) is 0 Å². The summed E-state index contributed by atoms with van der Waals surface area (Å²) in [5.74, 6) is 0.773. The van der Waals surface area contributed by atoms with Crippen LogP contribution in [0.1, 0.15) is 17.5 Å². The van der Waals surface area contributed by atoms with Crippen LogP contribution in [0.4, 0.5) is 0 Å². The molecule has 0 spiro atoms. The molecular formula is C13H20N2O2S. The molecular weight excluding hydrogens is 248 g/mol. The molecule has 0 saturated heterocycles. The third-order valence-corrected chi connectivity index (χ3v) is 3.29. The predicted octanol–water partition coefficient (Wildman–Crippen LogP) is 0.875. The number of hydrogen-bond acceptors (Lipinski definition) is 4. The molecule has 0 unspecified atom stereocenters. The minimum atomic E-state index is -0.436. The van der Waals surface area contributed by atoms with Gasteiger partial charge < -0.3 is 16.2 Å². The molecule has 1 aromatic carbocycles. The Morgan fingerprint density at radius 2 is 2.00 bits per heavy atom. The lowest BCUT2D eigenvalue weighted by atomic mass is 10.1. The van der Waals surface area contributed by atoms with Crippen molar-refractivity contribution < 1.29 is 9.90 Å². The molecule has 0 aliphatic carbocycles. The fraction of sp³-hybridized carbons (Fsp3) is 0.462. The quantitative estimate of drug-likeness (QED) is 0.686. The Morgan fingerprint density at radius 1 is 1.39 bits per heavy atom. The summed E-state index contributed by atoms with van der Waals surface area (Å²) in [6, 6.07) is 7.03. The summed E-state index contributed by atoms with van der Waals surface area (Å²) in [6.45, 7) is 0.504. The number of hydrogen-bond donors (Lipinski definition) is 3. The first kappa shape index (κ1) is 15.0. The van der Waals surface area contributed by atoms with E-state index in [9.17, 15) is 4.79 Å². The van der Waals surface area contributed by atoms with Gasteiger partial charge >= 0.3 is 0 Å². The van der Waals surface area contributed by atoms with Crippen LogP contribution in [0.5, 0.6) is 0 Å². The van der Waals surface area contributed by atoms with Crippen molar-refractivity contribution in [3.63, 3.8) is 0 Å². The number of carbonyl (C=O) groups is 1. The van der Waals surface area contributed by atoms with Crippen LogP contribution in [-0.4, -0.2) is 29.1 Å². The van der Waals surface area contributed by atoms with Crippen molar-refractivity contribution in [3.8, 4) is 0 Å². The Kier molecular flexibility index (Phi) is 6.78. The number of thioether (sulfide) groups is 1. The summed E-state index contributed by atoms with van der Waals surface area (Å²) in [7, 11) is 0. The van der Waals surface area contributed by atoms with E-state index in [0.29, 0.717) is 13.0 Å². The van der Waals surface area contributed by atoms with Gasteiger partial charge in [0.05, 0.1) is 12.6 Å². The molecule has 0 aliphatic rings. The molecule has 0 aromatic heterocycles. The topological polar surface area (TPSA) is 75.4 Å². The smallest absolute Gasteiger partial charge is 0.237 e. The van der Waals surface area contributed by atoms with E-state index < -0.39 is 6.04 Å². The number of aliphatic hydroxyl groups excluding tert-OH is 1. The van der Waals surface area contributed by atoms with Crippen molar-refractivity contribution in [2.24, 2.45) is 5.73 Å². The first-order valence-electron chi connectivity index (χ1n) is 5.88. The second kappa shape index (κ2) is 8.13. The van der Waals surface area contributed by atoms with Crippen molar-refractivity contribution in [2.45, 2.75) is 25.6 Å². The van der Waals surface area contributed by atoms with Crippen LogP contribution in [0.2, 0.25) is 0 Å². The van der Waals surface area contributed by atoms with Crippen LogP contribution in [0.15, 0.2) is 24.3 Å². The molecule has 4 N–H and O–H groups in total. The van der Waals surface area contributed by atoms with E-state index in [1.165, 1.54) is 0 Å². The van der Waals surface area contributed by atoms with Crippen LogP contribution in [0.3, 0.4) is 0 Å². The summed E-state index contributed by atoms with van der Waals surface area (Å²) in [6.07, 6.45) is 2.68. The van der Waals surface area contributed by atoms with Crippen LogP contribution in [0.25, 0.3) is 0 Å². The van der Waals surface area contributed by atoms with E-state index in [1.807, 2.05) is 30.5 Å². The summed E-state index contributed by atoms with van der Waals surface area (Å²) in [4.78, 5) is 11.7. The Balaban J connectivity index is 2.37. The SMILES string of the molecule is CSCC[C@H](N)C(=O)NCc1ccc(CO)cc1. The van der Waals surface area contributed by atoms with Gasteiger partial charge in [0.25, 0.3) is 0 Å². The molecule has 18 heavy (non-hydrogen) atoms. The Morgan fingerprint density at radius 3 is 2.56 bits per heavy atom. The van der Waals surface area contributed by atoms with Gasteiger partial charge in [-0.1, -0.05) is 24.3 Å². The number of amides is 1. The van der Waals surface area contributed by atoms with Crippen molar-refractivity contribution in [1.29, 1.82) is 0 Å². The maximum atomic E-state index is 11.7. The Labute approximate surface area is 112 Å². The second-order valence-electron chi connectivity index (χ2n) is 4.08. The van der Waals surface area contributed by atoms with Crippen LogP contribution < -0.4 is 11.1 Å². The highest BCUT2D eigenvalue weighted by Gasteiger charge is 2.11. The number of benzene rings is 1. The number of nitrogens with one attached hydrogen (secondary N) is 1. The van der Waals surface area contributed by atoms with Gasteiger partial charge in [0.1, 0.15) is 0 Å². The zero-order valence-corrected chi connectivity index (χ0v) is 11.4. The van der Waals surface area contributed by atoms with Crippen molar-refractivity contribution in [1.82, 2.24) is 5.32 Å². The lowest BCUT2D eigenvalue weighted by molar-refractivity contribution is -0.122. The van der Waals surface area contributed by atoms with Crippen LogP contribution in [0, 0.1) is 0 Å². The lowest BCUT2D eigenvalue weighted by Crippen LogP contribution is -2.40. The van der Waals surface area contributed by atoms with E-state index in [0.717, 1.165) is 16.9 Å². The van der Waals surface area contributed by atoms with Gasteiger partial charge in [-0.05, 0) is 29.6 Å². The van der Waals surface area contributed by atoms with Crippen LogP contribution in [-0.2, 0) is 17.9 Å². The van der Waals surface area contributed by atoms with Gasteiger partial charge in [0, 0.05) is 6.54 Å². The third-order valence-electron chi connectivity index (χ3n) is 2.64. The van der Waals surface area contributed by atoms with E-state index in [-0.39, 0.29) is 12.5 Å². The minimum absolute atomic E-state index is 0.0339. The summed E-state index contributed by atoms with van der Waals surface area (Å²) >= 11 is 1.68. The predicted molar refractivity (Wildman–Crippen MR) is 75.2 cm³/mol. The van der Waals surface area contributed by atoms with Crippen molar-refractivity contribution >= 4 is 17.7 Å². The van der Waals surface area contributed by atoms with E-state index in [4.69, 9.17) is 10.8 Å². The molecule has 1 atom stereocenters. The largest absolute Gasteiger partial charge is 0.392 e. The Bertz CT molecular complexity index is 368. The molecule has 0 heterocycles. The van der Waals surface area contributed by atoms with Gasteiger partial charge in [-0.3, -0.25) is 4.79 Å². The highest BCUT2D eigenvalue weighted by atomic mass is 32.2. The molecule has 4 nitrogen and oxygen atoms in total. The van der Waals surface area contributed by atoms with Gasteiger partial charge in [-0.2, -0.15) is 11.8 Å². The molecule has 5 heteroatoms. The molecule has 1 amide bonds. The fourth-order valence-electron chi connectivity index (χ4n) is 1.46. The molecule has 1 aromatic rings. The van der Waals surface area contributed by atoms with Gasteiger partial charge in [-0.25, -0.2) is 0 Å². The Hall–Kier alpha value is -1.04. The first-order valence-corrected chi connectivity index (χ1v) is 7.27. The van der Waals surface area contributed by atoms with Crippen LogP contribution >= 0.6 is 11.8 Å². The summed E-state index contributed by atoms with van der Waals surface area (Å²) in [5.41, 5.74) is 7.62. The minimum Gasteiger partial charge on any atom is -0.392 e. The maximum absolute atomic E-state index is 11.7. The zero-order valence-electron chi connectivity index (χ0n) is 10.6. The molecule has 0 bridgehead atoms. The van der Waals surface area contributed by atoms with Gasteiger partial charge in [0.15, 0.2) is 0 Å². The van der Waals surface area contributed by atoms with Crippen molar-refractivity contribution in [3.05, 3.63) is 35.4 Å². The first-order chi connectivity index (χ1) is 8.67. The molecule has 1 rings (SSSR count). The monoisotopic (exact) mass is 268 g/mol. The molecule has 0 saturated carbocycles. The van der Waals surface area contributed by atoms with E-state index in [2.05, 4.69) is 5.32 Å². The number of aliphatic hydroxyl groups is 1. The normalized spacial score (nSPS) is 12.2. The lowest BCUT2D eigenvalue weighted by Gasteiger charge is -2.11. The summed E-state index contributed by atoms with van der Waals surface area (Å²) in [5, 5.41) is 11.7. The highest BCUT2D eigenvalue weighted by Crippen LogP contribution is 2.04. The molecule has 0 radical (unpaired) electrons.